The topological polar surface area (TPSA) is 0 Å². The van der Waals surface area contributed by atoms with Crippen LogP contribution in [0.2, 0.25) is 7.35 Å². The summed E-state index contributed by atoms with van der Waals surface area (Å²) in [6.45, 7) is 0. The van der Waals surface area contributed by atoms with Gasteiger partial charge in [-0.05, 0) is 0 Å². The monoisotopic (exact) mass is 1360 g/mol. The summed E-state index contributed by atoms with van der Waals surface area (Å²) in [5.74, 6) is 0. The van der Waals surface area contributed by atoms with Crippen molar-refractivity contribution in [2.24, 2.45) is 0 Å². The smallest absolute Gasteiger partial charge is 1.00 e. The Bertz CT molecular complexity index is 2950. The SMILES string of the molecule is C1=C[CH]([Hf+]([CH]2CCCCC2)[CH]2C=Cc3c(-c4ccccc4)cccc32)c2cccc(-c3ccccc3)c21.C1=C[CH]([Hf+]([CH]2CCCCC2)[CH]2C=Cc3c(-c4ccccc4)cccc32)c2cccc(-c3ccccc3)c21.[Cl-].[Cl-]. The van der Waals surface area contributed by atoms with Crippen LogP contribution in [0.4, 0.5) is 0 Å². The molecule has 0 nitrogen and oxygen atoms in total. The molecule has 8 aromatic rings. The molecule has 14 rings (SSSR count). The van der Waals surface area contributed by atoms with Gasteiger partial charge in [0.1, 0.15) is 0 Å². The molecule has 76 heavy (non-hydrogen) atoms. The molecule has 4 unspecified atom stereocenters. The van der Waals surface area contributed by atoms with Gasteiger partial charge in [0.15, 0.2) is 0 Å². The zero-order valence-corrected chi connectivity index (χ0v) is 52.1. The minimum absolute atomic E-state index is 0. The molecule has 0 aliphatic heterocycles. The van der Waals surface area contributed by atoms with Gasteiger partial charge in [-0.1, -0.05) is 0 Å². The Hall–Kier alpha value is -4.96. The summed E-state index contributed by atoms with van der Waals surface area (Å²) in [6.07, 6.45) is 34.9. The number of rotatable bonds is 10. The first-order chi connectivity index (χ1) is 36.8. The zero-order valence-electron chi connectivity index (χ0n) is 43.4. The van der Waals surface area contributed by atoms with Gasteiger partial charge in [-0.2, -0.15) is 0 Å². The molecule has 6 aliphatic rings. The molecule has 376 valence electrons. The standard InChI is InChI=1S/4C15H11.2C6H11.2ClH.2Hf/c4*1-2-6-12(7-3-1)14-10-4-8-13-9-5-11-15(13)14;2*1-2-4-6-5-3-1;;;;/h4*1-11H;2*1H,2-6H2;2*1H;;/q;;;;;;;;2*+1/p-2. The fourth-order valence-electron chi connectivity index (χ4n) is 14.3. The van der Waals surface area contributed by atoms with Crippen LogP contribution >= 0.6 is 0 Å². The summed E-state index contributed by atoms with van der Waals surface area (Å²) in [6, 6.07) is 72.3. The molecule has 0 spiro atoms. The van der Waals surface area contributed by atoms with Crippen molar-refractivity contribution in [2.75, 3.05) is 0 Å². The van der Waals surface area contributed by atoms with E-state index in [4.69, 9.17) is 0 Å². The van der Waals surface area contributed by atoms with E-state index in [1.165, 1.54) is 131 Å². The first kappa shape index (κ1) is 53.1. The Balaban J connectivity index is 0.000000158. The number of benzene rings is 8. The molecule has 2 saturated carbocycles. The van der Waals surface area contributed by atoms with Gasteiger partial charge in [0, 0.05) is 0 Å². The van der Waals surface area contributed by atoms with Crippen LogP contribution < -0.4 is 24.8 Å². The molecular weight excluding hydrogens is 1290 g/mol. The predicted octanol–water partition coefficient (Wildman–Crippen LogP) is 14.5. The van der Waals surface area contributed by atoms with E-state index in [2.05, 4.69) is 243 Å². The molecule has 6 aliphatic carbocycles. The van der Waals surface area contributed by atoms with Crippen LogP contribution in [0.1, 0.15) is 123 Å². The van der Waals surface area contributed by atoms with Gasteiger partial charge in [-0.15, -0.1) is 0 Å². The molecule has 0 saturated heterocycles. The van der Waals surface area contributed by atoms with Crippen molar-refractivity contribution in [3.8, 4) is 44.5 Å². The molecular formula is C72H66Cl2Hf2. The van der Waals surface area contributed by atoms with Crippen molar-refractivity contribution in [2.45, 2.75) is 86.3 Å². The van der Waals surface area contributed by atoms with E-state index in [-0.39, 0.29) is 24.8 Å². The molecule has 0 aromatic heterocycles. The molecule has 2 fully saturated rings. The number of allylic oxidation sites excluding steroid dienone is 4. The second-order valence-electron chi connectivity index (χ2n) is 21.7. The average Bonchev–Trinajstić information content (AvgIpc) is 4.32. The predicted molar refractivity (Wildman–Crippen MR) is 308 cm³/mol. The Labute approximate surface area is 481 Å². The minimum atomic E-state index is -2.30. The van der Waals surface area contributed by atoms with E-state index >= 15 is 0 Å². The van der Waals surface area contributed by atoms with Gasteiger partial charge in [0.25, 0.3) is 0 Å². The third kappa shape index (κ3) is 10.4. The van der Waals surface area contributed by atoms with Gasteiger partial charge in [0.05, 0.1) is 0 Å². The van der Waals surface area contributed by atoms with Gasteiger partial charge < -0.3 is 24.8 Å². The number of halogens is 2. The largest absolute Gasteiger partial charge is 1.00 e. The zero-order chi connectivity index (χ0) is 49.2. The molecule has 8 aromatic carbocycles. The fourth-order valence-corrected chi connectivity index (χ4v) is 45.4. The molecule has 0 N–H and O–H groups in total. The fraction of sp³-hybridized carbons (Fsp3) is 0.222. The summed E-state index contributed by atoms with van der Waals surface area (Å²) in [7, 11) is 0. The van der Waals surface area contributed by atoms with E-state index < -0.39 is 42.9 Å². The molecule has 0 radical (unpaired) electrons. The van der Waals surface area contributed by atoms with Gasteiger partial charge in [-0.3, -0.25) is 0 Å². The van der Waals surface area contributed by atoms with Gasteiger partial charge in [-0.25, -0.2) is 0 Å². The Kier molecular flexibility index (Phi) is 17.0. The van der Waals surface area contributed by atoms with Crippen molar-refractivity contribution in [3.05, 3.63) is 263 Å². The van der Waals surface area contributed by atoms with Crippen LogP contribution in [-0.2, 0) is 42.9 Å². The van der Waals surface area contributed by atoms with Crippen molar-refractivity contribution in [1.29, 1.82) is 0 Å². The second-order valence-corrected chi connectivity index (χ2v) is 43.7. The molecule has 0 heterocycles. The first-order valence-electron chi connectivity index (χ1n) is 28.0. The Morgan fingerprint density at radius 2 is 0.487 bits per heavy atom. The average molecular weight is 1360 g/mol. The molecule has 4 heteroatoms. The van der Waals surface area contributed by atoms with Gasteiger partial charge in [0.2, 0.25) is 0 Å². The number of hydrogen-bond donors (Lipinski definition) is 0. The number of fused-ring (bicyclic) bond motifs is 4. The summed E-state index contributed by atoms with van der Waals surface area (Å²) >= 11 is -4.61. The third-order valence-electron chi connectivity index (χ3n) is 17.6. The van der Waals surface area contributed by atoms with E-state index in [1.54, 1.807) is 22.3 Å². The van der Waals surface area contributed by atoms with Crippen LogP contribution in [0.3, 0.4) is 0 Å². The van der Waals surface area contributed by atoms with Crippen LogP contribution in [0.15, 0.2) is 218 Å². The van der Waals surface area contributed by atoms with Crippen molar-refractivity contribution < 1.29 is 67.7 Å². The number of hydrogen-bond acceptors (Lipinski definition) is 0. The quantitative estimate of drug-likeness (QED) is 0.120. The third-order valence-corrected chi connectivity index (χ3v) is 46.1. The van der Waals surface area contributed by atoms with E-state index in [0.717, 1.165) is 7.35 Å². The molecule has 0 bridgehead atoms. The van der Waals surface area contributed by atoms with Crippen LogP contribution in [-0.4, -0.2) is 0 Å². The van der Waals surface area contributed by atoms with E-state index in [9.17, 15) is 0 Å². The molecule has 0 amide bonds. The van der Waals surface area contributed by atoms with Gasteiger partial charge >= 0.3 is 461 Å². The molecule has 4 atom stereocenters. The van der Waals surface area contributed by atoms with Crippen LogP contribution in [0.25, 0.3) is 68.8 Å². The van der Waals surface area contributed by atoms with Crippen LogP contribution in [0.5, 0.6) is 0 Å². The maximum Gasteiger partial charge on any atom is -1.00 e. The summed E-state index contributed by atoms with van der Waals surface area (Å²) in [5, 5.41) is 0. The maximum absolute atomic E-state index is 2.64. The van der Waals surface area contributed by atoms with E-state index in [1.807, 2.05) is 0 Å². The van der Waals surface area contributed by atoms with E-state index in [0.29, 0.717) is 14.7 Å². The Morgan fingerprint density at radius 1 is 0.250 bits per heavy atom. The van der Waals surface area contributed by atoms with Crippen molar-refractivity contribution >= 4 is 24.3 Å². The summed E-state index contributed by atoms with van der Waals surface area (Å²) in [4.78, 5) is 0. The second kappa shape index (κ2) is 24.4. The van der Waals surface area contributed by atoms with Crippen molar-refractivity contribution in [1.82, 2.24) is 0 Å². The van der Waals surface area contributed by atoms with Crippen molar-refractivity contribution in [3.63, 3.8) is 0 Å². The van der Waals surface area contributed by atoms with Crippen LogP contribution in [0, 0.1) is 0 Å². The summed E-state index contributed by atoms with van der Waals surface area (Å²) < 4.78 is 4.64. The first-order valence-corrected chi connectivity index (χ1v) is 40.4. The normalized spacial score (nSPS) is 19.6. The maximum atomic E-state index is 2.64. The minimum Gasteiger partial charge on any atom is -1.00 e. The Morgan fingerprint density at radius 3 is 0.724 bits per heavy atom. The summed E-state index contributed by atoms with van der Waals surface area (Å²) in [5.41, 5.74) is 23.4.